The Kier molecular flexibility index (Phi) is 5.27. The van der Waals surface area contributed by atoms with E-state index in [4.69, 9.17) is 0 Å². The second-order valence-electron chi connectivity index (χ2n) is 4.65. The fourth-order valence-electron chi connectivity index (χ4n) is 2.37. The number of anilines is 1. The molecule has 0 bridgehead atoms. The molecule has 0 unspecified atom stereocenters. The van der Waals surface area contributed by atoms with Gasteiger partial charge in [-0.3, -0.25) is 14.9 Å². The lowest BCUT2D eigenvalue weighted by Crippen LogP contribution is -2.43. The number of halogens is 1. The number of rotatable bonds is 2. The minimum absolute atomic E-state index is 0. The molecule has 5 nitrogen and oxygen atoms in total. The first-order chi connectivity index (χ1) is 9.74. The number of benzene rings is 1. The van der Waals surface area contributed by atoms with Crippen LogP contribution in [0.5, 0.6) is 0 Å². The Bertz CT molecular complexity index is 585. The van der Waals surface area contributed by atoms with Crippen LogP contribution in [0.15, 0.2) is 29.2 Å². The van der Waals surface area contributed by atoms with E-state index in [1.807, 2.05) is 18.2 Å². The summed E-state index contributed by atoms with van der Waals surface area (Å²) < 4.78 is 0. The van der Waals surface area contributed by atoms with Gasteiger partial charge < -0.3 is 10.2 Å². The third kappa shape index (κ3) is 3.58. The number of carbonyl (C=O) groups is 2. The summed E-state index contributed by atoms with van der Waals surface area (Å²) in [5, 5.41) is 5.29. The minimum atomic E-state index is -0.310. The first-order valence-corrected chi connectivity index (χ1v) is 7.35. The van der Waals surface area contributed by atoms with Crippen molar-refractivity contribution in [2.45, 2.75) is 0 Å². The van der Waals surface area contributed by atoms with E-state index in [-0.39, 0.29) is 23.6 Å². The molecule has 0 spiro atoms. The van der Waals surface area contributed by atoms with Gasteiger partial charge in [-0.2, -0.15) is 0 Å². The molecule has 7 heteroatoms. The van der Waals surface area contributed by atoms with Gasteiger partial charge in [0.05, 0.1) is 4.91 Å². The number of carbonyl (C=O) groups excluding carboxylic acids is 2. The van der Waals surface area contributed by atoms with E-state index in [2.05, 4.69) is 21.6 Å². The van der Waals surface area contributed by atoms with Crippen LogP contribution in [0.3, 0.4) is 0 Å². The lowest BCUT2D eigenvalue weighted by molar-refractivity contribution is -0.115. The van der Waals surface area contributed by atoms with Gasteiger partial charge in [0.25, 0.3) is 11.1 Å². The van der Waals surface area contributed by atoms with Gasteiger partial charge in [0, 0.05) is 31.9 Å². The molecule has 3 rings (SSSR count). The standard InChI is InChI=1S/C14H15N3O2S.ClH/c18-13-12(20-14(19)16-13)9-10-3-1-2-4-11(10)17-7-5-15-6-8-17;/h1-4,9,15H,5-8H2,(H,16,18,19);1H. The average Bonchev–Trinajstić information content (AvgIpc) is 2.78. The maximum Gasteiger partial charge on any atom is 0.290 e. The first kappa shape index (κ1) is 15.9. The van der Waals surface area contributed by atoms with Crippen molar-refractivity contribution in [1.82, 2.24) is 10.6 Å². The molecule has 0 saturated carbocycles. The van der Waals surface area contributed by atoms with E-state index in [1.54, 1.807) is 6.08 Å². The Morgan fingerprint density at radius 1 is 1.14 bits per heavy atom. The fraction of sp³-hybridized carbons (Fsp3) is 0.286. The van der Waals surface area contributed by atoms with Crippen molar-refractivity contribution in [3.05, 3.63) is 34.7 Å². The maximum atomic E-state index is 11.6. The highest BCUT2D eigenvalue weighted by atomic mass is 35.5. The molecule has 0 atom stereocenters. The number of thioether (sulfide) groups is 1. The van der Waals surface area contributed by atoms with Gasteiger partial charge >= 0.3 is 0 Å². The Morgan fingerprint density at radius 2 is 1.86 bits per heavy atom. The third-order valence-electron chi connectivity index (χ3n) is 3.32. The number of hydrogen-bond acceptors (Lipinski definition) is 5. The highest BCUT2D eigenvalue weighted by Gasteiger charge is 2.25. The summed E-state index contributed by atoms with van der Waals surface area (Å²) in [4.78, 5) is 25.6. The van der Waals surface area contributed by atoms with E-state index in [1.165, 1.54) is 0 Å². The highest BCUT2D eigenvalue weighted by molar-refractivity contribution is 8.18. The Morgan fingerprint density at radius 3 is 2.52 bits per heavy atom. The van der Waals surface area contributed by atoms with Gasteiger partial charge in [-0.1, -0.05) is 18.2 Å². The fourth-order valence-corrected chi connectivity index (χ4v) is 3.04. The topological polar surface area (TPSA) is 61.4 Å². The van der Waals surface area contributed by atoms with Crippen LogP contribution in [-0.2, 0) is 4.79 Å². The second kappa shape index (κ2) is 6.98. The van der Waals surface area contributed by atoms with Crippen LogP contribution in [-0.4, -0.2) is 37.3 Å². The van der Waals surface area contributed by atoms with Crippen molar-refractivity contribution < 1.29 is 9.59 Å². The summed E-state index contributed by atoms with van der Waals surface area (Å²) in [7, 11) is 0. The predicted octanol–water partition coefficient (Wildman–Crippen LogP) is 1.84. The largest absolute Gasteiger partial charge is 0.369 e. The molecule has 21 heavy (non-hydrogen) atoms. The number of para-hydroxylation sites is 1. The minimum Gasteiger partial charge on any atom is -0.369 e. The summed E-state index contributed by atoms with van der Waals surface area (Å²) in [6, 6.07) is 7.96. The van der Waals surface area contributed by atoms with Crippen LogP contribution in [0.25, 0.3) is 6.08 Å². The van der Waals surface area contributed by atoms with Crippen molar-refractivity contribution in [3.63, 3.8) is 0 Å². The maximum absolute atomic E-state index is 11.6. The monoisotopic (exact) mass is 325 g/mol. The molecule has 0 aromatic heterocycles. The second-order valence-corrected chi connectivity index (χ2v) is 5.66. The zero-order valence-corrected chi connectivity index (χ0v) is 12.9. The molecule has 2 fully saturated rings. The lowest BCUT2D eigenvalue weighted by atomic mass is 10.1. The Balaban J connectivity index is 0.00000161. The molecule has 2 aliphatic rings. The van der Waals surface area contributed by atoms with Gasteiger partial charge in [-0.25, -0.2) is 0 Å². The summed E-state index contributed by atoms with van der Waals surface area (Å²) in [5.41, 5.74) is 2.08. The molecule has 2 saturated heterocycles. The molecule has 2 heterocycles. The quantitative estimate of drug-likeness (QED) is 0.813. The van der Waals surface area contributed by atoms with Crippen LogP contribution in [0.4, 0.5) is 10.5 Å². The summed E-state index contributed by atoms with van der Waals surface area (Å²) in [6.45, 7) is 3.80. The Labute approximate surface area is 133 Å². The summed E-state index contributed by atoms with van der Waals surface area (Å²) in [5.74, 6) is -0.310. The predicted molar refractivity (Wildman–Crippen MR) is 87.9 cm³/mol. The first-order valence-electron chi connectivity index (χ1n) is 6.53. The lowest BCUT2D eigenvalue weighted by Gasteiger charge is -2.30. The van der Waals surface area contributed by atoms with Crippen LogP contribution >= 0.6 is 24.2 Å². The molecule has 1 aromatic rings. The number of imide groups is 1. The molecule has 2 N–H and O–H groups in total. The van der Waals surface area contributed by atoms with Crippen LogP contribution in [0.2, 0.25) is 0 Å². The van der Waals surface area contributed by atoms with Gasteiger partial charge in [-0.15, -0.1) is 12.4 Å². The molecule has 0 aliphatic carbocycles. The summed E-state index contributed by atoms with van der Waals surface area (Å²) >= 11 is 0.955. The number of amides is 2. The highest BCUT2D eigenvalue weighted by Crippen LogP contribution is 2.29. The van der Waals surface area contributed by atoms with E-state index < -0.39 is 0 Å². The van der Waals surface area contributed by atoms with E-state index in [0.717, 1.165) is 49.2 Å². The van der Waals surface area contributed by atoms with E-state index in [0.29, 0.717) is 4.91 Å². The van der Waals surface area contributed by atoms with Crippen LogP contribution in [0.1, 0.15) is 5.56 Å². The number of hydrogen-bond donors (Lipinski definition) is 2. The average molecular weight is 326 g/mol. The molecule has 2 aliphatic heterocycles. The van der Waals surface area contributed by atoms with E-state index >= 15 is 0 Å². The number of nitrogens with zero attached hydrogens (tertiary/aromatic N) is 1. The van der Waals surface area contributed by atoms with Gasteiger partial charge in [0.15, 0.2) is 0 Å². The molecule has 112 valence electrons. The van der Waals surface area contributed by atoms with E-state index in [9.17, 15) is 9.59 Å². The van der Waals surface area contributed by atoms with Crippen molar-refractivity contribution in [3.8, 4) is 0 Å². The van der Waals surface area contributed by atoms with Crippen molar-refractivity contribution >= 4 is 47.1 Å². The van der Waals surface area contributed by atoms with Gasteiger partial charge in [0.2, 0.25) is 0 Å². The van der Waals surface area contributed by atoms with Crippen LogP contribution in [0, 0.1) is 0 Å². The van der Waals surface area contributed by atoms with Crippen molar-refractivity contribution in [1.29, 1.82) is 0 Å². The number of nitrogens with one attached hydrogen (secondary N) is 2. The molecule has 2 amide bonds. The molecular weight excluding hydrogens is 310 g/mol. The molecular formula is C14H16ClN3O2S. The summed E-state index contributed by atoms with van der Waals surface area (Å²) in [6.07, 6.45) is 1.79. The van der Waals surface area contributed by atoms with Crippen molar-refractivity contribution in [2.75, 3.05) is 31.1 Å². The van der Waals surface area contributed by atoms with Crippen molar-refractivity contribution in [2.24, 2.45) is 0 Å². The van der Waals surface area contributed by atoms with Gasteiger partial charge in [-0.05, 0) is 29.5 Å². The third-order valence-corrected chi connectivity index (χ3v) is 4.13. The molecule has 0 radical (unpaired) electrons. The smallest absolute Gasteiger partial charge is 0.290 e. The zero-order valence-electron chi connectivity index (χ0n) is 11.3. The Hall–Kier alpha value is -1.50. The zero-order chi connectivity index (χ0) is 13.9. The number of piperazine rings is 1. The van der Waals surface area contributed by atoms with Gasteiger partial charge in [0.1, 0.15) is 0 Å². The van der Waals surface area contributed by atoms with Crippen LogP contribution < -0.4 is 15.5 Å². The molecule has 1 aromatic carbocycles. The normalized spacial score (nSPS) is 20.4. The SMILES string of the molecule is Cl.O=C1NC(=O)C(=Cc2ccccc2N2CCNCC2)S1.